The summed E-state index contributed by atoms with van der Waals surface area (Å²) in [4.78, 5) is 34.8. The first kappa shape index (κ1) is 24.0. The number of hydrogen-bond donors (Lipinski definition) is 0. The van der Waals surface area contributed by atoms with Crippen LogP contribution in [0.15, 0.2) is 74.8 Å². The summed E-state index contributed by atoms with van der Waals surface area (Å²) in [7, 11) is 3.05. The first-order valence-corrected chi connectivity index (χ1v) is 11.3. The Hall–Kier alpha value is -4.67. The molecule has 0 fully saturated rings. The maximum absolute atomic E-state index is 13.7. The van der Waals surface area contributed by atoms with Crippen LogP contribution in [0.4, 0.5) is 8.78 Å². The number of ether oxygens (including phenoxy) is 1. The van der Waals surface area contributed by atoms with Crippen LogP contribution in [0.2, 0.25) is 0 Å². The van der Waals surface area contributed by atoms with Crippen molar-refractivity contribution in [1.82, 2.24) is 24.3 Å². The molecule has 0 amide bonds. The Morgan fingerprint density at radius 3 is 2.11 bits per heavy atom. The predicted octanol–water partition coefficient (Wildman–Crippen LogP) is 3.55. The summed E-state index contributed by atoms with van der Waals surface area (Å²) in [5.74, 6) is -1.43. The summed E-state index contributed by atoms with van der Waals surface area (Å²) < 4.78 is 40.2. The third-order valence-electron chi connectivity index (χ3n) is 6.13. The van der Waals surface area contributed by atoms with Gasteiger partial charge in [0, 0.05) is 19.3 Å². The lowest BCUT2D eigenvalue weighted by Crippen LogP contribution is -2.36. The second kappa shape index (κ2) is 9.41. The smallest absolute Gasteiger partial charge is 0.423 e. The minimum absolute atomic E-state index is 0.0502. The van der Waals surface area contributed by atoms with Crippen molar-refractivity contribution >= 4 is 11.1 Å². The summed E-state index contributed by atoms with van der Waals surface area (Å²) in [5, 5.41) is 4.46. The maximum atomic E-state index is 13.7. The number of halogens is 2. The maximum Gasteiger partial charge on any atom is 0.423 e. The fourth-order valence-electron chi connectivity index (χ4n) is 4.27. The lowest BCUT2D eigenvalue weighted by molar-refractivity contribution is 0.388. The fraction of sp³-hybridized carbons (Fsp3) is 0.192. The lowest BCUT2D eigenvalue weighted by Gasteiger charge is -2.17. The Morgan fingerprint density at radius 1 is 0.946 bits per heavy atom. The van der Waals surface area contributed by atoms with Crippen molar-refractivity contribution in [2.75, 3.05) is 7.11 Å². The molecule has 0 aliphatic heterocycles. The Balaban J connectivity index is 1.63. The van der Waals surface area contributed by atoms with Crippen molar-refractivity contribution in [3.8, 4) is 5.75 Å². The average molecular weight is 505 g/mol. The second-order valence-electron chi connectivity index (χ2n) is 8.40. The highest BCUT2D eigenvalue weighted by Gasteiger charge is 2.27. The molecule has 2 aromatic carbocycles. The van der Waals surface area contributed by atoms with Gasteiger partial charge in [-0.2, -0.15) is 5.10 Å². The van der Waals surface area contributed by atoms with Gasteiger partial charge in [-0.15, -0.1) is 0 Å². The van der Waals surface area contributed by atoms with Crippen LogP contribution in [0.5, 0.6) is 5.75 Å². The minimum atomic E-state index is -0.918. The van der Waals surface area contributed by atoms with Crippen LogP contribution in [0, 0.1) is 11.6 Å². The summed E-state index contributed by atoms with van der Waals surface area (Å²) in [5.41, 5.74) is 0.589. The molecule has 1 atom stereocenters. The van der Waals surface area contributed by atoms with Gasteiger partial charge in [0.1, 0.15) is 23.5 Å². The largest absolute Gasteiger partial charge is 0.493 e. The highest BCUT2D eigenvalue weighted by atomic mass is 19.1. The van der Waals surface area contributed by atoms with Gasteiger partial charge in [-0.1, -0.05) is 24.3 Å². The SMILES string of the molecule is COc1ccnc2c(=O)n([C@@H](C)c3nc(C(c4ccc(F)cc4)c4ccc(F)cc4)n(C)n3)c(=O)oc12. The van der Waals surface area contributed by atoms with Crippen molar-refractivity contribution < 1.29 is 17.9 Å². The van der Waals surface area contributed by atoms with E-state index in [4.69, 9.17) is 9.15 Å². The van der Waals surface area contributed by atoms with Gasteiger partial charge in [-0.3, -0.25) is 9.48 Å². The number of aryl methyl sites for hydroxylation is 1. The van der Waals surface area contributed by atoms with E-state index in [9.17, 15) is 18.4 Å². The molecule has 0 bridgehead atoms. The molecule has 0 radical (unpaired) electrons. The van der Waals surface area contributed by atoms with Crippen LogP contribution in [0.1, 0.15) is 41.7 Å². The molecule has 0 N–H and O–H groups in total. The van der Waals surface area contributed by atoms with Gasteiger partial charge in [-0.25, -0.2) is 28.1 Å². The molecule has 3 heterocycles. The van der Waals surface area contributed by atoms with Gasteiger partial charge < -0.3 is 9.15 Å². The van der Waals surface area contributed by atoms with E-state index in [1.54, 1.807) is 38.2 Å². The van der Waals surface area contributed by atoms with Gasteiger partial charge in [0.2, 0.25) is 5.58 Å². The van der Waals surface area contributed by atoms with Crippen LogP contribution in [-0.2, 0) is 7.05 Å². The average Bonchev–Trinajstić information content (AvgIpc) is 3.27. The number of methoxy groups -OCH3 is 1. The van der Waals surface area contributed by atoms with Gasteiger partial charge in [0.25, 0.3) is 5.56 Å². The number of nitrogens with zero attached hydrogens (tertiary/aromatic N) is 5. The molecule has 3 aromatic heterocycles. The zero-order chi connectivity index (χ0) is 26.3. The van der Waals surface area contributed by atoms with E-state index in [1.807, 2.05) is 0 Å². The quantitative estimate of drug-likeness (QED) is 0.348. The molecule has 9 nitrogen and oxygen atoms in total. The van der Waals surface area contributed by atoms with E-state index in [1.165, 1.54) is 48.3 Å². The highest BCUT2D eigenvalue weighted by molar-refractivity contribution is 5.77. The summed E-state index contributed by atoms with van der Waals surface area (Å²) >= 11 is 0. The van der Waals surface area contributed by atoms with E-state index in [0.29, 0.717) is 17.0 Å². The zero-order valence-electron chi connectivity index (χ0n) is 20.1. The Kier molecular flexibility index (Phi) is 6.12. The molecule has 5 rings (SSSR count). The standard InChI is InChI=1S/C26H21F2N5O4/c1-14(33-25(34)21-22(37-26(33)35)19(36-3)12-13-29-21)23-30-24(32(2)31-23)20(15-4-8-17(27)9-5-15)16-6-10-18(28)11-7-16/h4-14,20H,1-3H3/t14-/m0/s1. The Morgan fingerprint density at radius 2 is 1.54 bits per heavy atom. The van der Waals surface area contributed by atoms with E-state index >= 15 is 0 Å². The first-order valence-electron chi connectivity index (χ1n) is 11.3. The molecule has 5 aromatic rings. The van der Waals surface area contributed by atoms with Crippen LogP contribution < -0.4 is 16.1 Å². The van der Waals surface area contributed by atoms with E-state index in [0.717, 1.165) is 4.57 Å². The number of benzene rings is 2. The number of fused-ring (bicyclic) bond motifs is 1. The van der Waals surface area contributed by atoms with Gasteiger partial charge in [0.05, 0.1) is 13.0 Å². The van der Waals surface area contributed by atoms with E-state index in [2.05, 4.69) is 15.1 Å². The molecule has 0 saturated heterocycles. The molecule has 0 spiro atoms. The predicted molar refractivity (Wildman–Crippen MR) is 130 cm³/mol. The monoisotopic (exact) mass is 505 g/mol. The molecule has 188 valence electrons. The zero-order valence-corrected chi connectivity index (χ0v) is 20.1. The third-order valence-corrected chi connectivity index (χ3v) is 6.13. The second-order valence-corrected chi connectivity index (χ2v) is 8.40. The minimum Gasteiger partial charge on any atom is -0.493 e. The van der Waals surface area contributed by atoms with Crippen LogP contribution in [0.25, 0.3) is 11.1 Å². The molecule has 0 aliphatic rings. The number of aromatic nitrogens is 5. The molecule has 37 heavy (non-hydrogen) atoms. The van der Waals surface area contributed by atoms with E-state index < -0.39 is 34.9 Å². The molecular formula is C26H21F2N5O4. The molecule has 0 unspecified atom stereocenters. The third kappa shape index (κ3) is 4.28. The Bertz CT molecular complexity index is 1660. The molecular weight excluding hydrogens is 484 g/mol. The fourth-order valence-corrected chi connectivity index (χ4v) is 4.27. The van der Waals surface area contributed by atoms with Gasteiger partial charge in [0.15, 0.2) is 17.1 Å². The highest BCUT2D eigenvalue weighted by Crippen LogP contribution is 2.32. The molecule has 0 saturated carbocycles. The van der Waals surface area contributed by atoms with Gasteiger partial charge in [-0.05, 0) is 42.3 Å². The topological polar surface area (TPSA) is 105 Å². The van der Waals surface area contributed by atoms with Crippen molar-refractivity contribution in [3.63, 3.8) is 0 Å². The lowest BCUT2D eigenvalue weighted by atomic mass is 9.90. The molecule has 11 heteroatoms. The van der Waals surface area contributed by atoms with Crippen molar-refractivity contribution in [2.24, 2.45) is 7.05 Å². The van der Waals surface area contributed by atoms with E-state index in [-0.39, 0.29) is 22.7 Å². The molecule has 0 aliphatic carbocycles. The summed E-state index contributed by atoms with van der Waals surface area (Å²) in [6.07, 6.45) is 1.38. The Labute approximate surface area is 208 Å². The first-order chi connectivity index (χ1) is 17.8. The van der Waals surface area contributed by atoms with Crippen LogP contribution >= 0.6 is 0 Å². The summed E-state index contributed by atoms with van der Waals surface area (Å²) in [6, 6.07) is 12.3. The van der Waals surface area contributed by atoms with Gasteiger partial charge >= 0.3 is 5.76 Å². The number of hydrogen-bond acceptors (Lipinski definition) is 7. The normalized spacial score (nSPS) is 12.3. The van der Waals surface area contributed by atoms with Crippen molar-refractivity contribution in [3.05, 3.63) is 116 Å². The number of pyridine rings is 1. The summed E-state index contributed by atoms with van der Waals surface area (Å²) in [6.45, 7) is 1.59. The van der Waals surface area contributed by atoms with Crippen molar-refractivity contribution in [1.29, 1.82) is 0 Å². The van der Waals surface area contributed by atoms with Crippen molar-refractivity contribution in [2.45, 2.75) is 18.9 Å². The number of rotatable bonds is 6. The van der Waals surface area contributed by atoms with Crippen LogP contribution in [0.3, 0.4) is 0 Å². The van der Waals surface area contributed by atoms with Crippen LogP contribution in [-0.4, -0.2) is 31.4 Å².